The fourth-order valence-electron chi connectivity index (χ4n) is 1.57. The van der Waals surface area contributed by atoms with E-state index in [9.17, 15) is 0 Å². The summed E-state index contributed by atoms with van der Waals surface area (Å²) in [7, 11) is 0. The number of aryl methyl sites for hydroxylation is 1. The van der Waals surface area contributed by atoms with E-state index in [1.807, 2.05) is 0 Å². The Balaban J connectivity index is 0.000000980. The molecule has 2 nitrogen and oxygen atoms in total. The standard InChI is InChI=1S/C10H15NOS.ClH/c1-3-8-6-13-9-5-11-4-7(2)12-10(8)9;/h6-7,11H,3-5H2,1-2H3;1H. The maximum absolute atomic E-state index is 5.87. The molecular formula is C10H16ClNOS. The summed E-state index contributed by atoms with van der Waals surface area (Å²) in [6, 6.07) is 0. The number of halogens is 1. The van der Waals surface area contributed by atoms with Crippen molar-refractivity contribution in [3.8, 4) is 5.75 Å². The highest BCUT2D eigenvalue weighted by Gasteiger charge is 2.17. The van der Waals surface area contributed by atoms with Gasteiger partial charge in [-0.2, -0.15) is 0 Å². The van der Waals surface area contributed by atoms with E-state index in [1.165, 1.54) is 10.4 Å². The quantitative estimate of drug-likeness (QED) is 0.805. The molecule has 14 heavy (non-hydrogen) atoms. The Kier molecular flexibility index (Phi) is 4.23. The number of fused-ring (bicyclic) bond motifs is 1. The number of hydrogen-bond acceptors (Lipinski definition) is 3. The zero-order valence-corrected chi connectivity index (χ0v) is 10.1. The zero-order valence-electron chi connectivity index (χ0n) is 8.50. The number of thiophene rings is 1. The molecule has 80 valence electrons. The van der Waals surface area contributed by atoms with Crippen LogP contribution < -0.4 is 10.1 Å². The van der Waals surface area contributed by atoms with Crippen molar-refractivity contribution in [2.24, 2.45) is 0 Å². The molecule has 0 aliphatic carbocycles. The van der Waals surface area contributed by atoms with Gasteiger partial charge in [0.25, 0.3) is 0 Å². The van der Waals surface area contributed by atoms with Gasteiger partial charge in [0.05, 0.1) is 4.88 Å². The van der Waals surface area contributed by atoms with Gasteiger partial charge in [0.15, 0.2) is 0 Å². The first-order chi connectivity index (χ1) is 6.31. The van der Waals surface area contributed by atoms with Crippen LogP contribution in [0.4, 0.5) is 0 Å². The minimum absolute atomic E-state index is 0. The Bertz CT molecular complexity index is 300. The Morgan fingerprint density at radius 2 is 2.43 bits per heavy atom. The van der Waals surface area contributed by atoms with Crippen LogP contribution >= 0.6 is 23.7 Å². The van der Waals surface area contributed by atoms with Gasteiger partial charge in [-0.15, -0.1) is 23.7 Å². The van der Waals surface area contributed by atoms with Gasteiger partial charge in [0.2, 0.25) is 0 Å². The average Bonchev–Trinajstić information content (AvgIpc) is 2.39. The molecule has 1 N–H and O–H groups in total. The Morgan fingerprint density at radius 1 is 1.64 bits per heavy atom. The maximum Gasteiger partial charge on any atom is 0.138 e. The molecule has 0 bridgehead atoms. The first-order valence-electron chi connectivity index (χ1n) is 4.78. The summed E-state index contributed by atoms with van der Waals surface area (Å²) in [6.45, 7) is 6.20. The molecule has 2 rings (SSSR count). The minimum atomic E-state index is 0. The highest BCUT2D eigenvalue weighted by molar-refractivity contribution is 7.10. The molecule has 1 aliphatic rings. The molecule has 0 saturated heterocycles. The van der Waals surface area contributed by atoms with Gasteiger partial charge in [0.1, 0.15) is 11.9 Å². The monoisotopic (exact) mass is 233 g/mol. The predicted molar refractivity (Wildman–Crippen MR) is 62.7 cm³/mol. The summed E-state index contributed by atoms with van der Waals surface area (Å²) in [6.07, 6.45) is 1.36. The van der Waals surface area contributed by atoms with E-state index < -0.39 is 0 Å². The Hall–Kier alpha value is -0.250. The van der Waals surface area contributed by atoms with Crippen LogP contribution in [0.3, 0.4) is 0 Å². The van der Waals surface area contributed by atoms with E-state index in [0.717, 1.165) is 25.3 Å². The fraction of sp³-hybridized carbons (Fsp3) is 0.600. The van der Waals surface area contributed by atoms with Crippen LogP contribution in [-0.2, 0) is 13.0 Å². The molecule has 1 atom stereocenters. The van der Waals surface area contributed by atoms with Crippen LogP contribution in [0.1, 0.15) is 24.3 Å². The van der Waals surface area contributed by atoms with Gasteiger partial charge in [-0.3, -0.25) is 0 Å². The molecule has 0 spiro atoms. The van der Waals surface area contributed by atoms with Crippen molar-refractivity contribution in [1.82, 2.24) is 5.32 Å². The molecule has 0 radical (unpaired) electrons. The molecule has 4 heteroatoms. The van der Waals surface area contributed by atoms with Crippen molar-refractivity contribution in [3.63, 3.8) is 0 Å². The van der Waals surface area contributed by atoms with Gasteiger partial charge < -0.3 is 10.1 Å². The topological polar surface area (TPSA) is 21.3 Å². The van der Waals surface area contributed by atoms with Crippen LogP contribution in [0.2, 0.25) is 0 Å². The first kappa shape index (κ1) is 11.8. The van der Waals surface area contributed by atoms with Crippen LogP contribution in [-0.4, -0.2) is 12.6 Å². The molecule has 0 amide bonds. The SMILES string of the molecule is CCc1csc2c1OC(C)CNC2.Cl. The second-order valence-corrected chi connectivity index (χ2v) is 4.39. The molecule has 0 saturated carbocycles. The van der Waals surface area contributed by atoms with Gasteiger partial charge in [0, 0.05) is 18.7 Å². The predicted octanol–water partition coefficient (Wildman–Crippen LogP) is 2.60. The van der Waals surface area contributed by atoms with E-state index in [1.54, 1.807) is 11.3 Å². The van der Waals surface area contributed by atoms with Crippen LogP contribution in [0.25, 0.3) is 0 Å². The molecule has 0 fully saturated rings. The van der Waals surface area contributed by atoms with Gasteiger partial charge in [-0.1, -0.05) is 6.92 Å². The van der Waals surface area contributed by atoms with Gasteiger partial charge >= 0.3 is 0 Å². The van der Waals surface area contributed by atoms with Crippen LogP contribution in [0.5, 0.6) is 5.75 Å². The lowest BCUT2D eigenvalue weighted by Gasteiger charge is -2.11. The van der Waals surface area contributed by atoms with E-state index >= 15 is 0 Å². The Morgan fingerprint density at radius 3 is 3.14 bits per heavy atom. The van der Waals surface area contributed by atoms with Crippen molar-refractivity contribution in [1.29, 1.82) is 0 Å². The summed E-state index contributed by atoms with van der Waals surface area (Å²) < 4.78 is 5.87. The number of ether oxygens (including phenoxy) is 1. The van der Waals surface area contributed by atoms with Crippen molar-refractivity contribution in [3.05, 3.63) is 15.8 Å². The lowest BCUT2D eigenvalue weighted by atomic mass is 10.2. The van der Waals surface area contributed by atoms with Gasteiger partial charge in [-0.05, 0) is 18.7 Å². The van der Waals surface area contributed by atoms with E-state index in [4.69, 9.17) is 4.74 Å². The molecule has 1 aromatic heterocycles. The number of hydrogen-bond donors (Lipinski definition) is 1. The summed E-state index contributed by atoms with van der Waals surface area (Å²) in [4.78, 5) is 1.35. The normalized spacial score (nSPS) is 20.3. The van der Waals surface area contributed by atoms with Gasteiger partial charge in [-0.25, -0.2) is 0 Å². The van der Waals surface area contributed by atoms with E-state index in [-0.39, 0.29) is 12.4 Å². The van der Waals surface area contributed by atoms with Crippen molar-refractivity contribution in [2.45, 2.75) is 32.9 Å². The smallest absolute Gasteiger partial charge is 0.138 e. The molecular weight excluding hydrogens is 218 g/mol. The van der Waals surface area contributed by atoms with Crippen LogP contribution in [0, 0.1) is 0 Å². The summed E-state index contributed by atoms with van der Waals surface area (Å²) in [5, 5.41) is 5.59. The maximum atomic E-state index is 5.87. The number of rotatable bonds is 1. The van der Waals surface area contributed by atoms with Crippen molar-refractivity contribution in [2.75, 3.05) is 6.54 Å². The molecule has 1 unspecified atom stereocenters. The first-order valence-corrected chi connectivity index (χ1v) is 5.65. The fourth-order valence-corrected chi connectivity index (χ4v) is 2.60. The molecule has 2 heterocycles. The van der Waals surface area contributed by atoms with E-state index in [0.29, 0.717) is 6.10 Å². The second kappa shape index (κ2) is 5.01. The molecule has 1 aromatic rings. The minimum Gasteiger partial charge on any atom is -0.488 e. The highest BCUT2D eigenvalue weighted by atomic mass is 35.5. The Labute approximate surface area is 95.1 Å². The largest absolute Gasteiger partial charge is 0.488 e. The summed E-state index contributed by atoms with van der Waals surface area (Å²) in [5.74, 6) is 1.14. The summed E-state index contributed by atoms with van der Waals surface area (Å²) in [5.41, 5.74) is 1.36. The summed E-state index contributed by atoms with van der Waals surface area (Å²) >= 11 is 1.80. The molecule has 0 aromatic carbocycles. The highest BCUT2D eigenvalue weighted by Crippen LogP contribution is 2.33. The average molecular weight is 234 g/mol. The third-order valence-electron chi connectivity index (χ3n) is 2.31. The van der Waals surface area contributed by atoms with Crippen molar-refractivity contribution < 1.29 is 4.74 Å². The third kappa shape index (κ3) is 2.22. The number of nitrogens with one attached hydrogen (secondary N) is 1. The second-order valence-electron chi connectivity index (χ2n) is 3.43. The van der Waals surface area contributed by atoms with Crippen molar-refractivity contribution >= 4 is 23.7 Å². The lowest BCUT2D eigenvalue weighted by Crippen LogP contribution is -2.25. The third-order valence-corrected chi connectivity index (χ3v) is 3.32. The van der Waals surface area contributed by atoms with E-state index in [2.05, 4.69) is 24.5 Å². The zero-order chi connectivity index (χ0) is 9.26. The lowest BCUT2D eigenvalue weighted by molar-refractivity contribution is 0.225. The molecule has 1 aliphatic heterocycles. The van der Waals surface area contributed by atoms with Crippen LogP contribution in [0.15, 0.2) is 5.38 Å².